The van der Waals surface area contributed by atoms with E-state index in [2.05, 4.69) is 14.9 Å². The fourth-order valence-corrected chi connectivity index (χ4v) is 5.13. The van der Waals surface area contributed by atoms with E-state index in [1.54, 1.807) is 20.8 Å². The molecule has 1 amide bonds. The number of carbonyl (C=O) groups is 1. The predicted octanol–water partition coefficient (Wildman–Crippen LogP) is 3.30. The van der Waals surface area contributed by atoms with E-state index in [9.17, 15) is 13.2 Å². The number of hydrazine groups is 1. The minimum Gasteiger partial charge on any atom is -0.326 e. The summed E-state index contributed by atoms with van der Waals surface area (Å²) in [7, 11) is -1.41. The quantitative estimate of drug-likeness (QED) is 0.611. The molecule has 1 aliphatic carbocycles. The first-order valence-electron chi connectivity index (χ1n) is 9.85. The van der Waals surface area contributed by atoms with Crippen molar-refractivity contribution in [3.05, 3.63) is 35.2 Å². The molecule has 3 rings (SSSR count). The number of hydrogen-bond acceptors (Lipinski definition) is 6. The lowest BCUT2D eigenvalue weighted by Gasteiger charge is -2.30. The molecule has 0 atom stereocenters. The summed E-state index contributed by atoms with van der Waals surface area (Å²) >= 11 is 1.52. The first-order valence-corrected chi connectivity index (χ1v) is 12.2. The third kappa shape index (κ3) is 5.33. The van der Waals surface area contributed by atoms with E-state index in [0.717, 1.165) is 16.9 Å². The molecule has 0 unspecified atom stereocenters. The molecule has 1 fully saturated rings. The molecule has 1 aromatic rings. The molecule has 1 aliphatic heterocycles. The number of amides is 1. The smallest absolute Gasteiger partial charge is 0.227 e. The van der Waals surface area contributed by atoms with Crippen LogP contribution in [-0.4, -0.2) is 37.2 Å². The molecule has 0 aromatic heterocycles. The van der Waals surface area contributed by atoms with E-state index in [4.69, 9.17) is 0 Å². The van der Waals surface area contributed by atoms with Crippen molar-refractivity contribution >= 4 is 39.3 Å². The number of carbonyl (C=O) groups excluding carboxylic acids is 1. The van der Waals surface area contributed by atoms with Crippen molar-refractivity contribution in [2.45, 2.75) is 57.2 Å². The van der Waals surface area contributed by atoms with Gasteiger partial charge in [-0.15, -0.1) is 0 Å². The Morgan fingerprint density at radius 1 is 1.14 bits per heavy atom. The minimum absolute atomic E-state index is 0.00398. The van der Waals surface area contributed by atoms with Gasteiger partial charge in [-0.1, -0.05) is 12.1 Å². The lowest BCUT2D eigenvalue weighted by Crippen LogP contribution is -2.46. The first kappa shape index (κ1) is 22.1. The van der Waals surface area contributed by atoms with Gasteiger partial charge < -0.3 is 10.3 Å². The van der Waals surface area contributed by atoms with Crippen LogP contribution >= 0.6 is 11.9 Å². The van der Waals surface area contributed by atoms with Crippen LogP contribution < -0.4 is 14.9 Å². The Morgan fingerprint density at radius 2 is 1.76 bits per heavy atom. The van der Waals surface area contributed by atoms with Crippen molar-refractivity contribution in [1.82, 2.24) is 14.6 Å². The van der Waals surface area contributed by atoms with Crippen LogP contribution in [0.15, 0.2) is 29.7 Å². The van der Waals surface area contributed by atoms with Crippen LogP contribution in [0.2, 0.25) is 0 Å². The Balaban J connectivity index is 1.51. The van der Waals surface area contributed by atoms with Crippen LogP contribution in [0.4, 0.5) is 5.69 Å². The fraction of sp³-hybridized carbons (Fsp3) is 0.550. The van der Waals surface area contributed by atoms with E-state index in [-0.39, 0.29) is 17.9 Å². The van der Waals surface area contributed by atoms with Crippen LogP contribution in [0.1, 0.15) is 52.0 Å². The molecule has 160 valence electrons. The van der Waals surface area contributed by atoms with Gasteiger partial charge in [0.05, 0.1) is 10.4 Å². The summed E-state index contributed by atoms with van der Waals surface area (Å²) in [6.45, 7) is 5.07. The van der Waals surface area contributed by atoms with Gasteiger partial charge in [-0.2, -0.15) is 4.83 Å². The largest absolute Gasteiger partial charge is 0.326 e. The summed E-state index contributed by atoms with van der Waals surface area (Å²) in [5, 5.41) is 6.99. The number of sulfonamides is 1. The van der Waals surface area contributed by atoms with Gasteiger partial charge in [0.25, 0.3) is 0 Å². The van der Waals surface area contributed by atoms with E-state index in [1.807, 2.05) is 41.7 Å². The van der Waals surface area contributed by atoms with Crippen LogP contribution in [0.3, 0.4) is 0 Å². The Kier molecular flexibility index (Phi) is 6.62. The van der Waals surface area contributed by atoms with Gasteiger partial charge in [0.1, 0.15) is 0 Å². The molecule has 0 radical (unpaired) electrons. The third-order valence-corrected chi connectivity index (χ3v) is 8.37. The van der Waals surface area contributed by atoms with Crippen molar-refractivity contribution in [3.63, 3.8) is 0 Å². The molecular formula is C20H30N4O3S2. The van der Waals surface area contributed by atoms with Crippen molar-refractivity contribution in [2.24, 2.45) is 5.92 Å². The Morgan fingerprint density at radius 3 is 2.28 bits per heavy atom. The minimum atomic E-state index is -3.36. The van der Waals surface area contributed by atoms with Gasteiger partial charge in [0.15, 0.2) is 0 Å². The van der Waals surface area contributed by atoms with Crippen LogP contribution in [-0.2, 0) is 14.8 Å². The number of nitrogens with zero attached hydrogens (tertiary/aromatic N) is 1. The average Bonchev–Trinajstić information content (AvgIpc) is 3.07. The van der Waals surface area contributed by atoms with Gasteiger partial charge in [-0.05, 0) is 76.1 Å². The Bertz CT molecular complexity index is 868. The molecule has 29 heavy (non-hydrogen) atoms. The van der Waals surface area contributed by atoms with Crippen molar-refractivity contribution in [2.75, 3.05) is 12.4 Å². The van der Waals surface area contributed by atoms with E-state index in [1.165, 1.54) is 11.9 Å². The summed E-state index contributed by atoms with van der Waals surface area (Å²) in [5.41, 5.74) is 2.94. The topological polar surface area (TPSA) is 90.5 Å². The number of anilines is 1. The molecule has 1 saturated carbocycles. The maximum Gasteiger partial charge on any atom is 0.227 e. The zero-order valence-corrected chi connectivity index (χ0v) is 19.0. The lowest BCUT2D eigenvalue weighted by atomic mass is 9.86. The van der Waals surface area contributed by atoms with Crippen LogP contribution in [0.5, 0.6) is 0 Å². The molecule has 0 spiro atoms. The maximum absolute atomic E-state index is 12.6. The maximum atomic E-state index is 12.6. The molecule has 1 aromatic carbocycles. The SMILES string of the molecule is CN1NSC=C1c1ccc(NC(=O)C2CCC(NS(=O)(=O)C(C)(C)C)CC2)cc1. The predicted molar refractivity (Wildman–Crippen MR) is 119 cm³/mol. The van der Waals surface area contributed by atoms with E-state index < -0.39 is 14.8 Å². The highest BCUT2D eigenvalue weighted by atomic mass is 32.2. The molecule has 0 saturated heterocycles. The Hall–Kier alpha value is -1.55. The normalized spacial score (nSPS) is 23.0. The second kappa shape index (κ2) is 8.67. The molecule has 2 aliphatic rings. The molecule has 7 nitrogen and oxygen atoms in total. The monoisotopic (exact) mass is 438 g/mol. The van der Waals surface area contributed by atoms with Crippen molar-refractivity contribution in [3.8, 4) is 0 Å². The highest BCUT2D eigenvalue weighted by Crippen LogP contribution is 2.29. The zero-order chi connectivity index (χ0) is 21.2. The average molecular weight is 439 g/mol. The van der Waals surface area contributed by atoms with E-state index in [0.29, 0.717) is 25.7 Å². The highest BCUT2D eigenvalue weighted by molar-refractivity contribution is 8.00. The van der Waals surface area contributed by atoms with Gasteiger partial charge in [0, 0.05) is 30.1 Å². The highest BCUT2D eigenvalue weighted by Gasteiger charge is 2.34. The Labute approximate surface area is 177 Å². The standard InChI is InChI=1S/C20H30N4O3S2/c1-20(2,3)29(26,27)22-17-11-7-15(8-12-17)19(25)21-16-9-5-14(6-10-16)18-13-28-23-24(18)4/h5-6,9-10,13,15,17,22-23H,7-8,11-12H2,1-4H3,(H,21,25). The fourth-order valence-electron chi connectivity index (χ4n) is 3.39. The zero-order valence-electron chi connectivity index (χ0n) is 17.4. The summed E-state index contributed by atoms with van der Waals surface area (Å²) in [4.78, 5) is 15.8. The van der Waals surface area contributed by atoms with Crippen molar-refractivity contribution in [1.29, 1.82) is 0 Å². The molecular weight excluding hydrogens is 408 g/mol. The van der Waals surface area contributed by atoms with Gasteiger partial charge in [0.2, 0.25) is 15.9 Å². The van der Waals surface area contributed by atoms with Crippen molar-refractivity contribution < 1.29 is 13.2 Å². The van der Waals surface area contributed by atoms with Gasteiger partial charge in [-0.25, -0.2) is 13.1 Å². The number of benzene rings is 1. The number of hydrogen-bond donors (Lipinski definition) is 3. The first-order chi connectivity index (χ1) is 13.6. The molecule has 9 heteroatoms. The number of rotatable bonds is 5. The lowest BCUT2D eigenvalue weighted by molar-refractivity contribution is -0.120. The van der Waals surface area contributed by atoms with Crippen LogP contribution in [0.25, 0.3) is 5.70 Å². The summed E-state index contributed by atoms with van der Waals surface area (Å²) < 4.78 is 26.6. The van der Waals surface area contributed by atoms with Crippen LogP contribution in [0, 0.1) is 5.92 Å². The second-order valence-electron chi connectivity index (χ2n) is 8.62. The van der Waals surface area contributed by atoms with E-state index >= 15 is 0 Å². The molecule has 0 bridgehead atoms. The van der Waals surface area contributed by atoms with Gasteiger partial charge >= 0.3 is 0 Å². The second-order valence-corrected chi connectivity index (χ2v) is 11.7. The molecule has 3 N–H and O–H groups in total. The van der Waals surface area contributed by atoms with Gasteiger partial charge in [-0.3, -0.25) is 4.79 Å². The summed E-state index contributed by atoms with van der Waals surface area (Å²) in [5.74, 6) is -0.0846. The summed E-state index contributed by atoms with van der Waals surface area (Å²) in [6, 6.07) is 7.71. The molecule has 1 heterocycles. The third-order valence-electron chi connectivity index (χ3n) is 5.40. The summed E-state index contributed by atoms with van der Waals surface area (Å²) in [6.07, 6.45) is 2.72. The number of nitrogens with one attached hydrogen (secondary N) is 3.